The first kappa shape index (κ1) is 16.0. The van der Waals surface area contributed by atoms with E-state index in [0.29, 0.717) is 6.42 Å². The summed E-state index contributed by atoms with van der Waals surface area (Å²) in [4.78, 5) is 16.3. The van der Waals surface area contributed by atoms with E-state index in [0.717, 1.165) is 28.9 Å². The van der Waals surface area contributed by atoms with Crippen molar-refractivity contribution in [2.75, 3.05) is 0 Å². The lowest BCUT2D eigenvalue weighted by atomic mass is 10.0. The number of hydrogen-bond donors (Lipinski definition) is 1. The van der Waals surface area contributed by atoms with Crippen LogP contribution in [0.15, 0.2) is 67.0 Å². The van der Waals surface area contributed by atoms with Crippen molar-refractivity contribution >= 4 is 5.97 Å². The lowest BCUT2D eigenvalue weighted by molar-refractivity contribution is -0.141. The number of benzene rings is 2. The monoisotopic (exact) mass is 320 g/mol. The van der Waals surface area contributed by atoms with Gasteiger partial charge in [0.05, 0.1) is 17.7 Å². The molecule has 0 aliphatic carbocycles. The first-order valence-electron chi connectivity index (χ1n) is 8.12. The number of carboxylic acids is 1. The molecule has 1 heterocycles. The maximum Gasteiger partial charge on any atom is 0.326 e. The number of aromatic nitrogens is 2. The van der Waals surface area contributed by atoms with Crippen molar-refractivity contribution < 1.29 is 9.90 Å². The molecule has 0 bridgehead atoms. The molecule has 1 N–H and O–H groups in total. The molecule has 3 aromatic rings. The van der Waals surface area contributed by atoms with Crippen LogP contribution in [-0.2, 0) is 4.79 Å². The van der Waals surface area contributed by atoms with Gasteiger partial charge in [-0.05, 0) is 6.42 Å². The molecule has 0 radical (unpaired) electrons. The van der Waals surface area contributed by atoms with Crippen LogP contribution in [0.25, 0.3) is 22.5 Å². The highest BCUT2D eigenvalue weighted by atomic mass is 16.4. The van der Waals surface area contributed by atoms with E-state index in [-0.39, 0.29) is 0 Å². The standard InChI is InChI=1S/C20H20N2O2/c1-2-9-17(20(23)24)22-14-21-18(15-10-5-3-6-11-15)19(22)16-12-7-4-8-13-16/h3-8,10-14,17H,2,9H2,1H3,(H,23,24). The zero-order valence-corrected chi connectivity index (χ0v) is 13.6. The molecule has 0 aliphatic rings. The molecule has 0 saturated heterocycles. The van der Waals surface area contributed by atoms with E-state index in [1.54, 1.807) is 10.9 Å². The fourth-order valence-electron chi connectivity index (χ4n) is 2.94. The minimum atomic E-state index is -0.828. The van der Waals surface area contributed by atoms with Gasteiger partial charge in [0, 0.05) is 11.1 Å². The Bertz CT molecular complexity index is 810. The Morgan fingerprint density at radius 1 is 1.04 bits per heavy atom. The molecule has 0 aliphatic heterocycles. The van der Waals surface area contributed by atoms with Crippen LogP contribution in [0, 0.1) is 0 Å². The Kier molecular flexibility index (Phi) is 4.75. The third-order valence-corrected chi connectivity index (χ3v) is 4.07. The number of aliphatic carboxylic acids is 1. The van der Waals surface area contributed by atoms with E-state index in [1.807, 2.05) is 67.6 Å². The Hall–Kier alpha value is -2.88. The number of carboxylic acid groups (broad SMARTS) is 1. The van der Waals surface area contributed by atoms with Gasteiger partial charge < -0.3 is 9.67 Å². The SMILES string of the molecule is CCCC(C(=O)O)n1cnc(-c2ccccc2)c1-c1ccccc1. The van der Waals surface area contributed by atoms with Gasteiger partial charge in [-0.25, -0.2) is 9.78 Å². The number of hydrogen-bond acceptors (Lipinski definition) is 2. The number of rotatable bonds is 6. The number of nitrogens with zero attached hydrogens (tertiary/aromatic N) is 2. The van der Waals surface area contributed by atoms with E-state index in [9.17, 15) is 9.90 Å². The summed E-state index contributed by atoms with van der Waals surface area (Å²) in [6.45, 7) is 1.99. The molecule has 0 fully saturated rings. The van der Waals surface area contributed by atoms with E-state index in [1.165, 1.54) is 0 Å². The molecule has 0 amide bonds. The van der Waals surface area contributed by atoms with Gasteiger partial charge in [0.2, 0.25) is 0 Å². The quantitative estimate of drug-likeness (QED) is 0.719. The van der Waals surface area contributed by atoms with Crippen molar-refractivity contribution in [3.63, 3.8) is 0 Å². The normalized spacial score (nSPS) is 12.0. The molecular formula is C20H20N2O2. The highest BCUT2D eigenvalue weighted by Gasteiger charge is 2.24. The second-order valence-corrected chi connectivity index (χ2v) is 5.72. The molecule has 3 rings (SSSR count). The second kappa shape index (κ2) is 7.13. The molecule has 0 spiro atoms. The molecule has 4 nitrogen and oxygen atoms in total. The average Bonchev–Trinajstić information content (AvgIpc) is 3.05. The van der Waals surface area contributed by atoms with Gasteiger partial charge in [-0.2, -0.15) is 0 Å². The van der Waals surface area contributed by atoms with Gasteiger partial charge in [0.1, 0.15) is 6.04 Å². The van der Waals surface area contributed by atoms with Gasteiger partial charge in [0.25, 0.3) is 0 Å². The van der Waals surface area contributed by atoms with Crippen LogP contribution in [0.2, 0.25) is 0 Å². The molecule has 1 aromatic heterocycles. The summed E-state index contributed by atoms with van der Waals surface area (Å²) in [6, 6.07) is 19.1. The molecule has 2 aromatic carbocycles. The summed E-state index contributed by atoms with van der Waals surface area (Å²) in [5.74, 6) is -0.828. The van der Waals surface area contributed by atoms with Crippen LogP contribution in [0.5, 0.6) is 0 Å². The Morgan fingerprint density at radius 2 is 1.62 bits per heavy atom. The van der Waals surface area contributed by atoms with Crippen molar-refractivity contribution in [1.82, 2.24) is 9.55 Å². The maximum atomic E-state index is 11.8. The molecule has 0 saturated carbocycles. The van der Waals surface area contributed by atoms with E-state index < -0.39 is 12.0 Å². The predicted molar refractivity (Wildman–Crippen MR) is 94.7 cm³/mol. The minimum Gasteiger partial charge on any atom is -0.480 e. The minimum absolute atomic E-state index is 0.569. The summed E-state index contributed by atoms with van der Waals surface area (Å²) >= 11 is 0. The smallest absolute Gasteiger partial charge is 0.326 e. The van der Waals surface area contributed by atoms with Crippen LogP contribution < -0.4 is 0 Å². The van der Waals surface area contributed by atoms with Crippen LogP contribution >= 0.6 is 0 Å². The second-order valence-electron chi connectivity index (χ2n) is 5.72. The summed E-state index contributed by atoms with van der Waals surface area (Å²) < 4.78 is 1.80. The average molecular weight is 320 g/mol. The van der Waals surface area contributed by atoms with Gasteiger partial charge in [-0.3, -0.25) is 0 Å². The topological polar surface area (TPSA) is 55.1 Å². The zero-order valence-electron chi connectivity index (χ0n) is 13.6. The van der Waals surface area contributed by atoms with Gasteiger partial charge >= 0.3 is 5.97 Å². The van der Waals surface area contributed by atoms with Crippen molar-refractivity contribution in [3.8, 4) is 22.5 Å². The third-order valence-electron chi connectivity index (χ3n) is 4.07. The van der Waals surface area contributed by atoms with Gasteiger partial charge in [-0.1, -0.05) is 74.0 Å². The maximum absolute atomic E-state index is 11.8. The number of imidazole rings is 1. The predicted octanol–water partition coefficient (Wildman–Crippen LogP) is 4.64. The van der Waals surface area contributed by atoms with E-state index in [4.69, 9.17) is 0 Å². The fraction of sp³-hybridized carbons (Fsp3) is 0.200. The summed E-state index contributed by atoms with van der Waals surface area (Å²) in [7, 11) is 0. The van der Waals surface area contributed by atoms with Gasteiger partial charge in [-0.15, -0.1) is 0 Å². The van der Waals surface area contributed by atoms with E-state index in [2.05, 4.69) is 4.98 Å². The highest BCUT2D eigenvalue weighted by Crippen LogP contribution is 2.34. The fourth-order valence-corrected chi connectivity index (χ4v) is 2.94. The van der Waals surface area contributed by atoms with Crippen molar-refractivity contribution in [1.29, 1.82) is 0 Å². The summed E-state index contributed by atoms with van der Waals surface area (Å²) in [5, 5.41) is 9.66. The highest BCUT2D eigenvalue weighted by molar-refractivity contribution is 5.81. The van der Waals surface area contributed by atoms with Crippen molar-refractivity contribution in [3.05, 3.63) is 67.0 Å². The Balaban J connectivity index is 2.20. The van der Waals surface area contributed by atoms with Crippen LogP contribution in [0.1, 0.15) is 25.8 Å². The zero-order chi connectivity index (χ0) is 16.9. The Labute approximate surface area is 141 Å². The van der Waals surface area contributed by atoms with Crippen molar-refractivity contribution in [2.45, 2.75) is 25.8 Å². The van der Waals surface area contributed by atoms with Crippen LogP contribution in [-0.4, -0.2) is 20.6 Å². The lowest BCUT2D eigenvalue weighted by Crippen LogP contribution is -2.19. The third kappa shape index (κ3) is 3.08. The largest absolute Gasteiger partial charge is 0.480 e. The van der Waals surface area contributed by atoms with Crippen LogP contribution in [0.4, 0.5) is 0 Å². The molecule has 1 atom stereocenters. The molecule has 1 unspecified atom stereocenters. The summed E-state index contributed by atoms with van der Waals surface area (Å²) in [6.07, 6.45) is 3.02. The summed E-state index contributed by atoms with van der Waals surface area (Å²) in [5.41, 5.74) is 3.61. The van der Waals surface area contributed by atoms with Crippen LogP contribution in [0.3, 0.4) is 0 Å². The molecule has 122 valence electrons. The molecule has 24 heavy (non-hydrogen) atoms. The van der Waals surface area contributed by atoms with E-state index >= 15 is 0 Å². The first-order chi connectivity index (χ1) is 11.7. The molecular weight excluding hydrogens is 300 g/mol. The Morgan fingerprint density at radius 3 is 2.17 bits per heavy atom. The number of carbonyl (C=O) groups is 1. The van der Waals surface area contributed by atoms with Crippen molar-refractivity contribution in [2.24, 2.45) is 0 Å². The molecule has 4 heteroatoms. The lowest BCUT2D eigenvalue weighted by Gasteiger charge is -2.17. The first-order valence-corrected chi connectivity index (χ1v) is 8.12. The van der Waals surface area contributed by atoms with Gasteiger partial charge in [0.15, 0.2) is 0 Å².